The molecule has 2 unspecified atom stereocenters. The molecule has 0 radical (unpaired) electrons. The largest absolute Gasteiger partial charge is 0.340 e. The van der Waals surface area contributed by atoms with E-state index in [2.05, 4.69) is 5.32 Å². The minimum atomic E-state index is -0.145. The Morgan fingerprint density at radius 2 is 1.67 bits per heavy atom. The van der Waals surface area contributed by atoms with Crippen molar-refractivity contribution in [3.05, 3.63) is 35.9 Å². The number of hydrogen-bond acceptors (Lipinski definition) is 4. The zero-order chi connectivity index (χ0) is 20.2. The maximum atomic E-state index is 13.2. The van der Waals surface area contributed by atoms with E-state index < -0.39 is 0 Å². The minimum Gasteiger partial charge on any atom is -0.340 e. The summed E-state index contributed by atoms with van der Waals surface area (Å²) in [5, 5.41) is 3.11. The van der Waals surface area contributed by atoms with Gasteiger partial charge in [0, 0.05) is 50.9 Å². The van der Waals surface area contributed by atoms with Gasteiger partial charge < -0.3 is 20.0 Å². The summed E-state index contributed by atoms with van der Waals surface area (Å²) in [5.74, 6) is 0.135. The molecule has 3 aliphatic heterocycles. The van der Waals surface area contributed by atoms with E-state index in [1.807, 2.05) is 45.0 Å². The van der Waals surface area contributed by atoms with Gasteiger partial charge in [-0.25, -0.2) is 0 Å². The van der Waals surface area contributed by atoms with Gasteiger partial charge in [0.2, 0.25) is 11.8 Å². The maximum absolute atomic E-state index is 13.2. The van der Waals surface area contributed by atoms with Crippen molar-refractivity contribution in [3.8, 4) is 0 Å². The smallest absolute Gasteiger partial charge is 0.253 e. The number of nitrogens with zero attached hydrogens (tertiary/aromatic N) is 3. The van der Waals surface area contributed by atoms with Crippen LogP contribution in [0.15, 0.2) is 30.3 Å². The van der Waals surface area contributed by atoms with Crippen molar-refractivity contribution >= 4 is 30.1 Å². The molecule has 0 bridgehead atoms. The fourth-order valence-corrected chi connectivity index (χ4v) is 4.80. The molecule has 3 saturated heterocycles. The first kappa shape index (κ1) is 22.6. The molecule has 3 heterocycles. The predicted octanol–water partition coefficient (Wildman–Crippen LogP) is 1.38. The summed E-state index contributed by atoms with van der Waals surface area (Å²) in [6.45, 7) is 4.48. The Bertz CT molecular complexity index is 760. The monoisotopic (exact) mass is 434 g/mol. The van der Waals surface area contributed by atoms with E-state index in [0.717, 1.165) is 38.8 Å². The number of benzene rings is 1. The summed E-state index contributed by atoms with van der Waals surface area (Å²) >= 11 is 0. The molecule has 3 aliphatic rings. The number of piperidine rings is 2. The predicted molar refractivity (Wildman–Crippen MR) is 117 cm³/mol. The Morgan fingerprint density at radius 3 is 2.43 bits per heavy atom. The second-order valence-corrected chi connectivity index (χ2v) is 8.30. The lowest BCUT2D eigenvalue weighted by Gasteiger charge is -2.42. The number of carbonyl (C=O) groups excluding carboxylic acids is 3. The van der Waals surface area contributed by atoms with Crippen LogP contribution in [0.3, 0.4) is 0 Å². The normalized spacial score (nSPS) is 24.9. The molecule has 3 fully saturated rings. The molecule has 0 spiro atoms. The Kier molecular flexibility index (Phi) is 7.72. The highest BCUT2D eigenvalue weighted by Gasteiger charge is 2.36. The van der Waals surface area contributed by atoms with Crippen LogP contribution in [0.5, 0.6) is 0 Å². The summed E-state index contributed by atoms with van der Waals surface area (Å²) in [7, 11) is 0. The molecule has 164 valence electrons. The van der Waals surface area contributed by atoms with Crippen LogP contribution < -0.4 is 5.32 Å². The fourth-order valence-electron chi connectivity index (χ4n) is 4.80. The van der Waals surface area contributed by atoms with E-state index >= 15 is 0 Å². The van der Waals surface area contributed by atoms with Crippen molar-refractivity contribution in [3.63, 3.8) is 0 Å². The van der Waals surface area contributed by atoms with E-state index in [4.69, 9.17) is 0 Å². The summed E-state index contributed by atoms with van der Waals surface area (Å²) in [5.41, 5.74) is 0.677. The number of amides is 3. The van der Waals surface area contributed by atoms with Gasteiger partial charge in [-0.3, -0.25) is 14.4 Å². The van der Waals surface area contributed by atoms with Crippen LogP contribution in [0, 0.1) is 5.92 Å². The molecule has 0 aromatic heterocycles. The van der Waals surface area contributed by atoms with Crippen LogP contribution in [0.2, 0.25) is 0 Å². The topological polar surface area (TPSA) is 73.0 Å². The van der Waals surface area contributed by atoms with Gasteiger partial charge in [0.1, 0.15) is 0 Å². The van der Waals surface area contributed by atoms with Crippen molar-refractivity contribution in [1.29, 1.82) is 0 Å². The van der Waals surface area contributed by atoms with Crippen LogP contribution >= 0.6 is 12.4 Å². The summed E-state index contributed by atoms with van der Waals surface area (Å²) in [4.78, 5) is 44.0. The Morgan fingerprint density at radius 1 is 0.933 bits per heavy atom. The van der Waals surface area contributed by atoms with Crippen molar-refractivity contribution < 1.29 is 14.4 Å². The lowest BCUT2D eigenvalue weighted by Crippen LogP contribution is -2.58. The highest BCUT2D eigenvalue weighted by molar-refractivity contribution is 5.94. The summed E-state index contributed by atoms with van der Waals surface area (Å²) in [6.07, 6.45) is 3.56. The number of likely N-dealkylation sites (tertiary alicyclic amines) is 2. The van der Waals surface area contributed by atoms with E-state index in [0.29, 0.717) is 38.3 Å². The lowest BCUT2D eigenvalue weighted by molar-refractivity contribution is -0.143. The van der Waals surface area contributed by atoms with Crippen LogP contribution in [0.25, 0.3) is 0 Å². The lowest BCUT2D eigenvalue weighted by atomic mass is 9.94. The van der Waals surface area contributed by atoms with Crippen molar-refractivity contribution in [2.45, 2.75) is 31.7 Å². The quantitative estimate of drug-likeness (QED) is 0.780. The molecule has 0 saturated carbocycles. The van der Waals surface area contributed by atoms with Crippen LogP contribution in [-0.2, 0) is 9.59 Å². The minimum absolute atomic E-state index is 0. The molecule has 4 rings (SSSR count). The van der Waals surface area contributed by atoms with Gasteiger partial charge in [-0.2, -0.15) is 0 Å². The van der Waals surface area contributed by atoms with Crippen LogP contribution in [0.1, 0.15) is 36.0 Å². The molecule has 30 heavy (non-hydrogen) atoms. The Labute approximate surface area is 184 Å². The first-order valence-electron chi connectivity index (χ1n) is 10.8. The highest BCUT2D eigenvalue weighted by Crippen LogP contribution is 2.24. The molecule has 3 amide bonds. The van der Waals surface area contributed by atoms with Crippen LogP contribution in [0.4, 0.5) is 0 Å². The molecule has 8 heteroatoms. The zero-order valence-corrected chi connectivity index (χ0v) is 18.1. The number of nitrogens with one attached hydrogen (secondary N) is 1. The molecule has 1 aromatic carbocycles. The van der Waals surface area contributed by atoms with Gasteiger partial charge >= 0.3 is 0 Å². The number of halogens is 1. The summed E-state index contributed by atoms with van der Waals surface area (Å²) in [6, 6.07) is 9.40. The second kappa shape index (κ2) is 10.3. The number of piperazine rings is 1. The van der Waals surface area contributed by atoms with E-state index in [-0.39, 0.29) is 42.1 Å². The third-order valence-electron chi connectivity index (χ3n) is 6.35. The zero-order valence-electron chi connectivity index (χ0n) is 17.3. The van der Waals surface area contributed by atoms with Gasteiger partial charge in [0.15, 0.2) is 0 Å². The maximum Gasteiger partial charge on any atom is 0.253 e. The highest BCUT2D eigenvalue weighted by atomic mass is 35.5. The first-order chi connectivity index (χ1) is 14.1. The Hall–Kier alpha value is -2.12. The van der Waals surface area contributed by atoms with Crippen molar-refractivity contribution in [1.82, 2.24) is 20.0 Å². The fraction of sp³-hybridized carbons (Fsp3) is 0.591. The first-order valence-corrected chi connectivity index (χ1v) is 10.8. The molecule has 2 atom stereocenters. The van der Waals surface area contributed by atoms with Gasteiger partial charge in [-0.15, -0.1) is 12.4 Å². The number of rotatable bonds is 3. The third-order valence-corrected chi connectivity index (χ3v) is 6.35. The van der Waals surface area contributed by atoms with Crippen molar-refractivity contribution in [2.24, 2.45) is 5.92 Å². The van der Waals surface area contributed by atoms with Gasteiger partial charge in [0.25, 0.3) is 5.91 Å². The average Bonchev–Trinajstić information content (AvgIpc) is 2.79. The average molecular weight is 435 g/mol. The van der Waals surface area contributed by atoms with Gasteiger partial charge in [-0.1, -0.05) is 18.2 Å². The molecule has 0 aliphatic carbocycles. The molecular formula is C22H31ClN4O3. The van der Waals surface area contributed by atoms with E-state index in [9.17, 15) is 14.4 Å². The molecule has 7 nitrogen and oxygen atoms in total. The SMILES string of the molecule is Cl.O=C(c1ccccc1)N1CCCC(C(=O)N2CCCC(N3CCNCC3=O)C2)C1. The van der Waals surface area contributed by atoms with Crippen LogP contribution in [-0.4, -0.2) is 84.3 Å². The van der Waals surface area contributed by atoms with Crippen molar-refractivity contribution in [2.75, 3.05) is 45.8 Å². The third kappa shape index (κ3) is 4.95. The summed E-state index contributed by atoms with van der Waals surface area (Å²) < 4.78 is 0. The Balaban J connectivity index is 0.00000256. The number of hydrogen-bond donors (Lipinski definition) is 1. The van der Waals surface area contributed by atoms with Gasteiger partial charge in [0.05, 0.1) is 12.5 Å². The molecule has 1 N–H and O–H groups in total. The standard InChI is InChI=1S/C22H30N4O3.ClH/c27-20-14-23-10-13-26(20)19-9-5-12-25(16-19)22(29)18-8-4-11-24(15-18)21(28)17-6-2-1-3-7-17;/h1-3,6-7,18-19,23H,4-5,8-16H2;1H. The second-order valence-electron chi connectivity index (χ2n) is 8.30. The van der Waals surface area contributed by atoms with E-state index in [1.54, 1.807) is 0 Å². The molecule has 1 aromatic rings. The van der Waals surface area contributed by atoms with Gasteiger partial charge in [-0.05, 0) is 37.8 Å². The van der Waals surface area contributed by atoms with E-state index in [1.165, 1.54) is 0 Å². The molecular weight excluding hydrogens is 404 g/mol. The number of carbonyl (C=O) groups is 3.